The van der Waals surface area contributed by atoms with Gasteiger partial charge in [0.15, 0.2) is 0 Å². The maximum absolute atomic E-state index is 11.1. The third-order valence-corrected chi connectivity index (χ3v) is 1.88. The third kappa shape index (κ3) is 3.14. The Bertz CT molecular complexity index is 459. The molecule has 0 aliphatic rings. The Labute approximate surface area is 93.9 Å². The van der Waals surface area contributed by atoms with Crippen molar-refractivity contribution in [3.8, 4) is 6.07 Å². The summed E-state index contributed by atoms with van der Waals surface area (Å²) in [6.07, 6.45) is 2.80. The van der Waals surface area contributed by atoms with Crippen LogP contribution in [0.4, 0.5) is 5.69 Å². The Kier molecular flexibility index (Phi) is 4.10. The van der Waals surface area contributed by atoms with Crippen LogP contribution in [0.2, 0.25) is 0 Å². The predicted molar refractivity (Wildman–Crippen MR) is 61.2 cm³/mol. The van der Waals surface area contributed by atoms with Crippen LogP contribution in [-0.2, 0) is 9.53 Å². The monoisotopic (exact) mass is 216 g/mol. The zero-order valence-electron chi connectivity index (χ0n) is 8.93. The van der Waals surface area contributed by atoms with Crippen molar-refractivity contribution in [2.24, 2.45) is 0 Å². The molecule has 0 heterocycles. The van der Waals surface area contributed by atoms with E-state index in [1.807, 2.05) is 6.07 Å². The van der Waals surface area contributed by atoms with Crippen molar-refractivity contribution in [1.82, 2.24) is 0 Å². The quantitative estimate of drug-likeness (QED) is 0.474. The molecule has 0 fully saturated rings. The van der Waals surface area contributed by atoms with Crippen LogP contribution in [0, 0.1) is 11.3 Å². The molecule has 4 nitrogen and oxygen atoms in total. The number of anilines is 1. The number of nitrogen functional groups attached to an aromatic ring is 1. The van der Waals surface area contributed by atoms with Crippen molar-refractivity contribution in [3.63, 3.8) is 0 Å². The summed E-state index contributed by atoms with van der Waals surface area (Å²) in [5.41, 5.74) is 7.21. The van der Waals surface area contributed by atoms with Gasteiger partial charge in [-0.1, -0.05) is 0 Å². The molecular weight excluding hydrogens is 204 g/mol. The molecule has 0 aromatic heterocycles. The molecule has 2 N–H and O–H groups in total. The van der Waals surface area contributed by atoms with E-state index >= 15 is 0 Å². The number of carbonyl (C=O) groups is 1. The van der Waals surface area contributed by atoms with Crippen LogP contribution in [0.1, 0.15) is 18.1 Å². The summed E-state index contributed by atoms with van der Waals surface area (Å²) in [6.45, 7) is 2.05. The summed E-state index contributed by atoms with van der Waals surface area (Å²) in [5, 5.41) is 8.84. The Morgan fingerprint density at radius 1 is 1.62 bits per heavy atom. The minimum absolute atomic E-state index is 0.325. The zero-order valence-corrected chi connectivity index (χ0v) is 8.93. The summed E-state index contributed by atoms with van der Waals surface area (Å²) in [4.78, 5) is 11.1. The number of nitrogens with zero attached hydrogens (tertiary/aromatic N) is 1. The second-order valence-electron chi connectivity index (χ2n) is 3.04. The van der Waals surface area contributed by atoms with Gasteiger partial charge < -0.3 is 10.5 Å². The van der Waals surface area contributed by atoms with Gasteiger partial charge in [0, 0.05) is 11.8 Å². The number of hydrogen-bond donors (Lipinski definition) is 1. The fourth-order valence-corrected chi connectivity index (χ4v) is 1.17. The van der Waals surface area contributed by atoms with E-state index in [0.29, 0.717) is 23.4 Å². The molecule has 0 atom stereocenters. The molecule has 0 aliphatic heterocycles. The van der Waals surface area contributed by atoms with E-state index in [9.17, 15) is 4.79 Å². The molecule has 1 aromatic rings. The molecule has 0 unspecified atom stereocenters. The van der Waals surface area contributed by atoms with Crippen molar-refractivity contribution in [3.05, 3.63) is 35.4 Å². The van der Waals surface area contributed by atoms with E-state index in [2.05, 4.69) is 0 Å². The van der Waals surface area contributed by atoms with Gasteiger partial charge in [0.25, 0.3) is 0 Å². The summed E-state index contributed by atoms with van der Waals surface area (Å²) >= 11 is 0. The summed E-state index contributed by atoms with van der Waals surface area (Å²) in [6, 6.07) is 6.90. The standard InChI is InChI=1S/C12H12N2O2/c1-2-16-12(15)6-4-9-7-11(14)5-3-10(9)8-13/h3-7H,2,14H2,1H3. The van der Waals surface area contributed by atoms with Crippen LogP contribution in [0.5, 0.6) is 0 Å². The molecule has 0 amide bonds. The first-order valence-electron chi connectivity index (χ1n) is 4.82. The topological polar surface area (TPSA) is 76.1 Å². The lowest BCUT2D eigenvalue weighted by molar-refractivity contribution is -0.137. The number of ether oxygens (including phenoxy) is 1. The molecule has 1 aromatic carbocycles. The van der Waals surface area contributed by atoms with Gasteiger partial charge >= 0.3 is 5.97 Å². The van der Waals surface area contributed by atoms with E-state index in [1.54, 1.807) is 25.1 Å². The fourth-order valence-electron chi connectivity index (χ4n) is 1.17. The fraction of sp³-hybridized carbons (Fsp3) is 0.167. The van der Waals surface area contributed by atoms with Gasteiger partial charge in [-0.2, -0.15) is 5.26 Å². The van der Waals surface area contributed by atoms with Crippen molar-refractivity contribution >= 4 is 17.7 Å². The van der Waals surface area contributed by atoms with Crippen LogP contribution >= 0.6 is 0 Å². The highest BCUT2D eigenvalue weighted by Crippen LogP contribution is 2.14. The van der Waals surface area contributed by atoms with Gasteiger partial charge in [-0.3, -0.25) is 0 Å². The summed E-state index contributed by atoms with van der Waals surface area (Å²) in [7, 11) is 0. The zero-order chi connectivity index (χ0) is 12.0. The van der Waals surface area contributed by atoms with Crippen LogP contribution in [0.15, 0.2) is 24.3 Å². The number of benzene rings is 1. The number of hydrogen-bond acceptors (Lipinski definition) is 4. The molecular formula is C12H12N2O2. The Balaban J connectivity index is 2.92. The lowest BCUT2D eigenvalue weighted by Gasteiger charge is -1.99. The highest BCUT2D eigenvalue weighted by atomic mass is 16.5. The van der Waals surface area contributed by atoms with E-state index < -0.39 is 5.97 Å². The number of carbonyl (C=O) groups excluding carboxylic acids is 1. The maximum Gasteiger partial charge on any atom is 0.330 e. The normalized spacial score (nSPS) is 10.0. The van der Waals surface area contributed by atoms with Crippen LogP contribution in [0.3, 0.4) is 0 Å². The molecule has 1 rings (SSSR count). The lowest BCUT2D eigenvalue weighted by atomic mass is 10.1. The first-order valence-corrected chi connectivity index (χ1v) is 4.82. The Hall–Kier alpha value is -2.28. The van der Waals surface area contributed by atoms with Crippen LogP contribution < -0.4 is 5.73 Å². The number of nitriles is 1. The predicted octanol–water partition coefficient (Wildman–Crippen LogP) is 1.72. The van der Waals surface area contributed by atoms with Crippen LogP contribution in [-0.4, -0.2) is 12.6 Å². The van der Waals surface area contributed by atoms with E-state index in [-0.39, 0.29) is 0 Å². The van der Waals surface area contributed by atoms with E-state index in [1.165, 1.54) is 12.2 Å². The average molecular weight is 216 g/mol. The molecule has 0 aliphatic carbocycles. The first-order chi connectivity index (χ1) is 7.67. The van der Waals surface area contributed by atoms with Crippen molar-refractivity contribution in [1.29, 1.82) is 5.26 Å². The minimum Gasteiger partial charge on any atom is -0.463 e. The highest BCUT2D eigenvalue weighted by molar-refractivity contribution is 5.87. The second-order valence-corrected chi connectivity index (χ2v) is 3.04. The molecule has 0 saturated carbocycles. The number of esters is 1. The van der Waals surface area contributed by atoms with Gasteiger partial charge in [0.05, 0.1) is 18.2 Å². The van der Waals surface area contributed by atoms with Crippen LogP contribution in [0.25, 0.3) is 6.08 Å². The Morgan fingerprint density at radius 2 is 2.38 bits per heavy atom. The van der Waals surface area contributed by atoms with Crippen molar-refractivity contribution < 1.29 is 9.53 Å². The molecule has 16 heavy (non-hydrogen) atoms. The van der Waals surface area contributed by atoms with Crippen molar-refractivity contribution in [2.75, 3.05) is 12.3 Å². The average Bonchev–Trinajstić information content (AvgIpc) is 2.27. The number of nitrogens with two attached hydrogens (primary N) is 1. The van der Waals surface area contributed by atoms with Gasteiger partial charge in [-0.15, -0.1) is 0 Å². The molecule has 4 heteroatoms. The largest absolute Gasteiger partial charge is 0.463 e. The van der Waals surface area contributed by atoms with Crippen molar-refractivity contribution in [2.45, 2.75) is 6.92 Å². The maximum atomic E-state index is 11.1. The highest BCUT2D eigenvalue weighted by Gasteiger charge is 2.00. The second kappa shape index (κ2) is 5.56. The minimum atomic E-state index is -0.436. The Morgan fingerprint density at radius 3 is 3.00 bits per heavy atom. The SMILES string of the molecule is CCOC(=O)C=Cc1cc(N)ccc1C#N. The van der Waals surface area contributed by atoms with E-state index in [4.69, 9.17) is 15.7 Å². The van der Waals surface area contributed by atoms with Gasteiger partial charge in [-0.25, -0.2) is 4.79 Å². The van der Waals surface area contributed by atoms with Gasteiger partial charge in [0.1, 0.15) is 0 Å². The van der Waals surface area contributed by atoms with E-state index in [0.717, 1.165) is 0 Å². The lowest BCUT2D eigenvalue weighted by Crippen LogP contribution is -1.99. The third-order valence-electron chi connectivity index (χ3n) is 1.88. The molecule has 0 spiro atoms. The smallest absolute Gasteiger partial charge is 0.330 e. The molecule has 82 valence electrons. The molecule has 0 saturated heterocycles. The number of rotatable bonds is 3. The van der Waals surface area contributed by atoms with Gasteiger partial charge in [-0.05, 0) is 36.8 Å². The summed E-state index contributed by atoms with van der Waals surface area (Å²) < 4.78 is 4.73. The summed E-state index contributed by atoms with van der Waals surface area (Å²) in [5.74, 6) is -0.436. The molecule has 0 radical (unpaired) electrons. The van der Waals surface area contributed by atoms with Gasteiger partial charge in [0.2, 0.25) is 0 Å². The first kappa shape index (κ1) is 11.8. The molecule has 0 bridgehead atoms.